The van der Waals surface area contributed by atoms with Crippen LogP contribution in [0.1, 0.15) is 0 Å². The fraction of sp³-hybridized carbons (Fsp3) is 0. The van der Waals surface area contributed by atoms with Crippen molar-refractivity contribution in [2.24, 2.45) is 0 Å². The van der Waals surface area contributed by atoms with E-state index in [9.17, 15) is 0 Å². The first-order valence-corrected chi connectivity index (χ1v) is 6.03. The summed E-state index contributed by atoms with van der Waals surface area (Å²) in [5.74, 6) is 0. The van der Waals surface area contributed by atoms with Gasteiger partial charge in [0.15, 0.2) is 0 Å². The van der Waals surface area contributed by atoms with E-state index < -0.39 is 35.0 Å². The minimum atomic E-state index is -4.41. The van der Waals surface area contributed by atoms with E-state index in [0.717, 1.165) is 0 Å². The Labute approximate surface area is 76.6 Å². The summed E-state index contributed by atoms with van der Waals surface area (Å²) >= 11 is -4.35. The molecule has 0 aliphatic carbocycles. The SMILES string of the molecule is [O]=[Ce].[O]=[Nd](=[O])=[O]. The van der Waals surface area contributed by atoms with Crippen LogP contribution in [0.4, 0.5) is 0 Å². The monoisotopic (exact) mass is 346 g/mol. The molecule has 0 aromatic rings. The molecule has 6 heteroatoms. The number of hydrogen-bond acceptors (Lipinski definition) is 4. The van der Waals surface area contributed by atoms with Crippen LogP contribution in [0.3, 0.4) is 0 Å². The molecule has 0 fully saturated rings. The molecule has 0 bridgehead atoms. The molecular weight excluding hydrogens is 348 g/mol. The molecule has 0 rings (SSSR count). The molecule has 0 aromatic heterocycles. The summed E-state index contributed by atoms with van der Waals surface area (Å²) in [5, 5.41) is 0. The molecule has 0 aliphatic heterocycles. The van der Waals surface area contributed by atoms with Gasteiger partial charge in [0.2, 0.25) is 0 Å². The third kappa shape index (κ3) is 38.7. The van der Waals surface area contributed by atoms with E-state index in [1.807, 2.05) is 0 Å². The number of rotatable bonds is 0. The van der Waals surface area contributed by atoms with Crippen LogP contribution in [0.2, 0.25) is 0 Å². The van der Waals surface area contributed by atoms with E-state index in [2.05, 4.69) is 0 Å². The molecule has 4 nitrogen and oxygen atoms in total. The predicted octanol–water partition coefficient (Wildman–Crippen LogP) is -0.475. The molecule has 0 amide bonds. The van der Waals surface area contributed by atoms with Crippen molar-refractivity contribution in [2.45, 2.75) is 0 Å². The second-order valence-corrected chi connectivity index (χ2v) is 1.85. The van der Waals surface area contributed by atoms with Crippen LogP contribution in [0.25, 0.3) is 0 Å². The van der Waals surface area contributed by atoms with E-state index in [0.29, 0.717) is 0 Å². The first-order valence-electron chi connectivity index (χ1n) is 0.816. The van der Waals surface area contributed by atoms with Crippen LogP contribution in [-0.4, -0.2) is 0 Å². The van der Waals surface area contributed by atoms with Gasteiger partial charge in [0.25, 0.3) is 0 Å². The standard InChI is InChI=1S/Ce.Nd.4O. The first-order chi connectivity index (χ1) is 2.73. The van der Waals surface area contributed by atoms with Gasteiger partial charge in [-0.3, -0.25) is 0 Å². The average molecular weight is 348 g/mol. The maximum atomic E-state index is 8.63. The van der Waals surface area contributed by atoms with E-state index in [1.165, 1.54) is 0 Å². The van der Waals surface area contributed by atoms with Crippen LogP contribution < -0.4 is 0 Å². The summed E-state index contributed by atoms with van der Waals surface area (Å²) in [5.41, 5.74) is 0. The summed E-state index contributed by atoms with van der Waals surface area (Å²) in [6.07, 6.45) is 0. The molecule has 0 radical (unpaired) electrons. The van der Waals surface area contributed by atoms with Crippen molar-refractivity contribution in [3.63, 3.8) is 0 Å². The topological polar surface area (TPSA) is 68.3 Å². The van der Waals surface area contributed by atoms with Crippen LogP contribution in [0.15, 0.2) is 0 Å². The van der Waals surface area contributed by atoms with Crippen molar-refractivity contribution in [1.82, 2.24) is 0 Å². The van der Waals surface area contributed by atoms with Gasteiger partial charge in [-0.25, -0.2) is 0 Å². The van der Waals surface area contributed by atoms with Crippen molar-refractivity contribution in [1.29, 1.82) is 0 Å². The van der Waals surface area contributed by atoms with Crippen molar-refractivity contribution in [2.75, 3.05) is 0 Å². The molecule has 32 valence electrons. The molecule has 0 unspecified atom stereocenters. The molecule has 0 aromatic carbocycles. The second kappa shape index (κ2) is 10.0. The van der Waals surface area contributed by atoms with Crippen molar-refractivity contribution < 1.29 is 78.9 Å². The van der Waals surface area contributed by atoms with Crippen molar-refractivity contribution in [3.8, 4) is 0 Å². The number of hydrogen-bond donors (Lipinski definition) is 0. The molecule has 0 atom stereocenters. The molecule has 0 saturated heterocycles. The van der Waals surface area contributed by atoms with Gasteiger partial charge >= 0.3 is 78.9 Å². The van der Waals surface area contributed by atoms with Crippen LogP contribution in [0.5, 0.6) is 0 Å². The van der Waals surface area contributed by atoms with Gasteiger partial charge in [0.05, 0.1) is 0 Å². The molecule has 0 saturated carbocycles. The normalized spacial score (nSPS) is 3.00. The summed E-state index contributed by atoms with van der Waals surface area (Å²) < 4.78 is 34.3. The zero-order chi connectivity index (χ0) is 5.58. The fourth-order valence-corrected chi connectivity index (χ4v) is 0. The zero-order valence-electron chi connectivity index (χ0n) is 2.63. The average Bonchev–Trinajstić information content (AvgIpc) is 1.41. The second-order valence-electron chi connectivity index (χ2n) is 0.250. The molecule has 0 heterocycles. The Bertz CT molecular complexity index is 87.7. The Hall–Kier alpha value is 1.93. The third-order valence-electron chi connectivity index (χ3n) is 0. The molecule has 0 aliphatic rings. The Kier molecular flexibility index (Phi) is 18.1. The van der Waals surface area contributed by atoms with Gasteiger partial charge in [-0.2, -0.15) is 0 Å². The van der Waals surface area contributed by atoms with Gasteiger partial charge in [-0.15, -0.1) is 0 Å². The molecule has 6 heavy (non-hydrogen) atoms. The minimum absolute atomic E-state index is 0.0556. The Morgan fingerprint density at radius 3 is 1.00 bits per heavy atom. The van der Waals surface area contributed by atoms with Gasteiger partial charge in [0.1, 0.15) is 0 Å². The Morgan fingerprint density at radius 1 is 1.00 bits per heavy atom. The fourth-order valence-electron chi connectivity index (χ4n) is 0. The van der Waals surface area contributed by atoms with E-state index >= 15 is 0 Å². The van der Waals surface area contributed by atoms with Crippen LogP contribution in [0, 0.1) is 74.8 Å². The van der Waals surface area contributed by atoms with Gasteiger partial charge in [-0.05, 0) is 0 Å². The van der Waals surface area contributed by atoms with Crippen LogP contribution >= 0.6 is 0 Å². The van der Waals surface area contributed by atoms with Gasteiger partial charge in [0, 0.05) is 0 Å². The van der Waals surface area contributed by atoms with Gasteiger partial charge in [-0.1, -0.05) is 0 Å². The van der Waals surface area contributed by atoms with Crippen molar-refractivity contribution >= 4 is 0 Å². The predicted molar refractivity (Wildman–Crippen MR) is 2.75 cm³/mol. The summed E-state index contributed by atoms with van der Waals surface area (Å²) in [4.78, 5) is 0. The maximum absolute atomic E-state index is 8.63. The Morgan fingerprint density at radius 2 is 1.00 bits per heavy atom. The summed E-state index contributed by atoms with van der Waals surface area (Å²) in [6, 6.07) is 0. The quantitative estimate of drug-likeness (QED) is 0.593. The van der Waals surface area contributed by atoms with E-state index in [1.54, 1.807) is 0 Å². The molecule has 0 N–H and O–H groups in total. The van der Waals surface area contributed by atoms with Crippen LogP contribution in [-0.2, 0) is 4.09 Å². The Balaban J connectivity index is 0. The molecular formula is CeNdO4. The zero-order valence-corrected chi connectivity index (χ0v) is 8.98. The van der Waals surface area contributed by atoms with E-state index in [-0.39, 0.29) is 39.8 Å². The van der Waals surface area contributed by atoms with Gasteiger partial charge < -0.3 is 0 Å². The third-order valence-corrected chi connectivity index (χ3v) is 0. The first kappa shape index (κ1) is 10.8. The van der Waals surface area contributed by atoms with Crippen molar-refractivity contribution in [3.05, 3.63) is 0 Å². The summed E-state index contributed by atoms with van der Waals surface area (Å²) in [6.45, 7) is 0. The summed E-state index contributed by atoms with van der Waals surface area (Å²) in [7, 11) is 0. The molecule has 0 spiro atoms. The van der Waals surface area contributed by atoms with E-state index in [4.69, 9.17) is 4.09 Å².